The second-order valence-electron chi connectivity index (χ2n) is 0.577. The molecule has 0 N–H and O–H groups in total. The van der Waals surface area contributed by atoms with Gasteiger partial charge in [-0.25, -0.2) is 0 Å². The summed E-state index contributed by atoms with van der Waals surface area (Å²) in [5.41, 5.74) is 0. The summed E-state index contributed by atoms with van der Waals surface area (Å²) in [6.45, 7) is 0. The molecule has 0 atom stereocenters. The van der Waals surface area contributed by atoms with Crippen LogP contribution >= 0.6 is 0 Å². The third kappa shape index (κ3) is 159. The second kappa shape index (κ2) is 17.5. The molecular weight excluding hydrogens is 414 g/mol. The Balaban J connectivity index is -0.0000000300. The largest absolute Gasteiger partial charge is 3.00 e. The molecule has 0 bridgehead atoms. The van der Waals surface area contributed by atoms with Crippen molar-refractivity contribution in [3.8, 4) is 0 Å². The first-order valence-corrected chi connectivity index (χ1v) is 1.41. The topological polar surface area (TPSA) is 138 Å². The molecule has 0 aliphatic carbocycles. The third-order valence-corrected chi connectivity index (χ3v) is 0. The Labute approximate surface area is 118 Å². The molecule has 0 aliphatic heterocycles. The van der Waals surface area contributed by atoms with Gasteiger partial charge in [0, 0.05) is 0 Å². The van der Waals surface area contributed by atoms with Crippen LogP contribution in [0.3, 0.4) is 0 Å². The molecule has 10 heteroatoms. The first kappa shape index (κ1) is 22.8. The van der Waals surface area contributed by atoms with E-state index in [0.717, 1.165) is 0 Å². The first-order chi connectivity index (χ1) is 3.46. The molecule has 6 nitrogen and oxygen atoms in total. The van der Waals surface area contributed by atoms with Crippen LogP contribution in [0.1, 0.15) is 0 Å². The molecule has 0 fully saturated rings. The fourth-order valence-corrected chi connectivity index (χ4v) is 0. The van der Waals surface area contributed by atoms with E-state index in [9.17, 15) is 0 Å². The van der Waals surface area contributed by atoms with Gasteiger partial charge in [-0.15, -0.1) is 0 Å². The van der Waals surface area contributed by atoms with Gasteiger partial charge in [0.1, 0.15) is 0 Å². The summed E-state index contributed by atoms with van der Waals surface area (Å²) in [7, 11) is -5.83. The summed E-state index contributed by atoms with van der Waals surface area (Å²) in [6, 6.07) is 0. The van der Waals surface area contributed by atoms with Crippen molar-refractivity contribution in [3.05, 3.63) is 0 Å². The van der Waals surface area contributed by atoms with Gasteiger partial charge < -0.3 is 30.1 Å². The van der Waals surface area contributed by atoms with E-state index in [1.54, 1.807) is 0 Å². The van der Waals surface area contributed by atoms with Gasteiger partial charge in [0.2, 0.25) is 0 Å². The number of rotatable bonds is 0. The van der Waals surface area contributed by atoms with E-state index < -0.39 is 14.6 Å². The molecule has 53 valence electrons. The van der Waals surface area contributed by atoms with Gasteiger partial charge in [0.15, 0.2) is 0 Å². The van der Waals surface area contributed by atoms with E-state index in [-0.39, 0.29) is 75.5 Å². The fourth-order valence-electron chi connectivity index (χ4n) is 0. The van der Waals surface area contributed by atoms with Crippen LogP contribution in [0, 0.1) is 75.5 Å². The molecule has 0 aromatic carbocycles. The molecule has 0 spiro atoms. The Morgan fingerprint density at radius 2 is 0.600 bits per heavy atom. The Bertz CT molecular complexity index is 31.2. The zero-order chi connectivity index (χ0) is 7.15. The third-order valence-electron chi connectivity index (χ3n) is 0. The zero-order valence-electron chi connectivity index (χ0n) is 4.54. The van der Waals surface area contributed by atoms with Gasteiger partial charge in [0.05, 0.1) is 0 Å². The van der Waals surface area contributed by atoms with Gasteiger partial charge in [-0.05, 0) is 0 Å². The molecule has 0 saturated heterocycles. The summed E-state index contributed by atoms with van der Waals surface area (Å²) in [5, 5.41) is 50.5. The predicted molar refractivity (Wildman–Crippen MR) is 11.5 cm³/mol. The zero-order valence-corrected chi connectivity index (χ0v) is 10.4. The average Bonchev–Trinajstić information content (AvgIpc) is 1.25. The van der Waals surface area contributed by atoms with Crippen molar-refractivity contribution >= 4 is 14.6 Å². The summed E-state index contributed by atoms with van der Waals surface area (Å²) >= 11 is 0. The summed E-state index contributed by atoms with van der Waals surface area (Å²) in [6.07, 6.45) is 0. The second-order valence-corrected chi connectivity index (χ2v) is 0.577. The minimum absolute atomic E-state index is 0. The summed E-state index contributed by atoms with van der Waals surface area (Å²) in [5.74, 6) is 0. The first-order valence-electron chi connectivity index (χ1n) is 1.41. The van der Waals surface area contributed by atoms with Gasteiger partial charge in [-0.1, -0.05) is 0 Å². The molecule has 0 heterocycles. The summed E-state index contributed by atoms with van der Waals surface area (Å²) in [4.78, 5) is 0. The van der Waals surface area contributed by atoms with Gasteiger partial charge in [-0.3, -0.25) is 14.6 Å². The average molecular weight is 414 g/mol. The Hall–Kier alpha value is 2.41. The van der Waals surface area contributed by atoms with Crippen LogP contribution in [0.2, 0.25) is 0 Å². The molecule has 0 aliphatic rings. The van der Waals surface area contributed by atoms with Crippen molar-refractivity contribution in [1.29, 1.82) is 0 Å². The van der Waals surface area contributed by atoms with Crippen LogP contribution in [0.5, 0.6) is 0 Å². The summed E-state index contributed by atoms with van der Waals surface area (Å²) < 4.78 is 0. The van der Waals surface area contributed by atoms with Gasteiger partial charge >= 0.3 is 75.5 Å². The van der Waals surface area contributed by atoms with Crippen LogP contribution in [0.4, 0.5) is 0 Å². The molecule has 0 aromatic rings. The van der Waals surface area contributed by atoms with Crippen LogP contribution < -0.4 is 30.1 Å². The van der Waals surface area contributed by atoms with E-state index >= 15 is 0 Å². The molecule has 10 heavy (non-hydrogen) atoms. The van der Waals surface area contributed by atoms with Crippen molar-refractivity contribution in [2.45, 2.75) is 0 Å². The predicted octanol–water partition coefficient (Wildman–Crippen LogP) is -7.90. The smallest absolute Gasteiger partial charge is 0.907 e. The normalized spacial score (nSPS) is 5.40. The van der Waals surface area contributed by atoms with Gasteiger partial charge in [-0.2, -0.15) is 0 Å². The molecule has 0 unspecified atom stereocenters. The molecule has 0 rings (SSSR count). The van der Waals surface area contributed by atoms with E-state index in [2.05, 4.69) is 0 Å². The van der Waals surface area contributed by atoms with Crippen LogP contribution in [0.25, 0.3) is 0 Å². The van der Waals surface area contributed by atoms with E-state index in [4.69, 9.17) is 30.1 Å². The monoisotopic (exact) mass is 415 g/mol. The Morgan fingerprint density at radius 1 is 0.600 bits per heavy atom. The Morgan fingerprint density at radius 3 is 0.600 bits per heavy atom. The molecule has 1 radical (unpaired) electrons. The quantitative estimate of drug-likeness (QED) is 0.361. The van der Waals surface area contributed by atoms with Gasteiger partial charge in [0.25, 0.3) is 0 Å². The number of hydrogen-bond acceptors (Lipinski definition) is 6. The minimum atomic E-state index is -2.92. The fraction of sp³-hybridized carbons (Fsp3) is 0. The maximum absolute atomic E-state index is 8.42. The molecule has 0 amide bonds. The van der Waals surface area contributed by atoms with Crippen molar-refractivity contribution < 1.29 is 106 Å². The molecule has 0 aromatic heterocycles. The Kier molecular flexibility index (Phi) is 39.9. The van der Waals surface area contributed by atoms with E-state index in [1.165, 1.54) is 0 Å². The van der Waals surface area contributed by atoms with Crippen LogP contribution in [-0.4, -0.2) is 14.6 Å². The van der Waals surface area contributed by atoms with E-state index in [0.29, 0.717) is 0 Å². The molecule has 0 saturated carbocycles. The maximum Gasteiger partial charge on any atom is 3.00 e. The molecular formula is B2GdLaO6. The maximum atomic E-state index is 8.42. The van der Waals surface area contributed by atoms with E-state index in [1.807, 2.05) is 0 Å². The van der Waals surface area contributed by atoms with Crippen molar-refractivity contribution in [3.63, 3.8) is 0 Å². The standard InChI is InChI=1S/2BO3.Gd.La/c2*2-1(3)4;;/q2*-3;2*+3. The number of hydrogen-bond donors (Lipinski definition) is 0. The van der Waals surface area contributed by atoms with Crippen molar-refractivity contribution in [2.24, 2.45) is 0 Å². The SMILES string of the molecule is [Gd+3].[La+3].[O-]B([O-])[O-].[O-]B([O-])[O-]. The van der Waals surface area contributed by atoms with Crippen molar-refractivity contribution in [1.82, 2.24) is 0 Å². The van der Waals surface area contributed by atoms with Crippen LogP contribution in [0.15, 0.2) is 0 Å². The van der Waals surface area contributed by atoms with Crippen LogP contribution in [-0.2, 0) is 0 Å². The minimum Gasteiger partial charge on any atom is -0.907 e. The van der Waals surface area contributed by atoms with Crippen molar-refractivity contribution in [2.75, 3.05) is 0 Å².